The predicted molar refractivity (Wildman–Crippen MR) is 99.2 cm³/mol. The lowest BCUT2D eigenvalue weighted by Crippen LogP contribution is -3.16. The minimum absolute atomic E-state index is 0.0388. The monoisotopic (exact) mass is 370 g/mol. The van der Waals surface area contributed by atoms with Gasteiger partial charge in [-0.25, -0.2) is 9.97 Å². The summed E-state index contributed by atoms with van der Waals surface area (Å²) in [6.45, 7) is 4.84. The maximum absolute atomic E-state index is 12.3. The van der Waals surface area contributed by atoms with Gasteiger partial charge in [0.1, 0.15) is 12.7 Å². The number of piperazine rings is 1. The lowest BCUT2D eigenvalue weighted by atomic mass is 10.2. The molecular weight excluding hydrogens is 346 g/mol. The highest BCUT2D eigenvalue weighted by atomic mass is 16.6. The van der Waals surface area contributed by atoms with Gasteiger partial charge < -0.3 is 24.6 Å². The minimum Gasteiger partial charge on any atom is -0.486 e. The number of rotatable bonds is 5. The number of benzene rings is 1. The van der Waals surface area contributed by atoms with Crippen molar-refractivity contribution >= 4 is 11.9 Å². The number of hydrogen-bond acceptors (Lipinski definition) is 6. The quantitative estimate of drug-likeness (QED) is 0.713. The Morgan fingerprint density at radius 1 is 1.15 bits per heavy atom. The molecule has 2 aliphatic heterocycles. The van der Waals surface area contributed by atoms with Gasteiger partial charge in [0.15, 0.2) is 18.0 Å². The molecule has 8 heteroatoms. The third-order valence-corrected chi connectivity index (χ3v) is 4.81. The average Bonchev–Trinajstić information content (AvgIpc) is 2.73. The van der Waals surface area contributed by atoms with E-state index in [0.717, 1.165) is 43.6 Å². The molecule has 0 aliphatic carbocycles. The summed E-state index contributed by atoms with van der Waals surface area (Å²) >= 11 is 0. The molecule has 2 aliphatic rings. The first-order chi connectivity index (χ1) is 13.3. The Labute approximate surface area is 158 Å². The predicted octanol–water partition coefficient (Wildman–Crippen LogP) is -0.862. The van der Waals surface area contributed by atoms with Crippen LogP contribution in [0.15, 0.2) is 42.7 Å². The first kappa shape index (κ1) is 17.5. The largest absolute Gasteiger partial charge is 0.486 e. The van der Waals surface area contributed by atoms with Crippen molar-refractivity contribution in [2.75, 3.05) is 50.8 Å². The highest BCUT2D eigenvalue weighted by molar-refractivity contribution is 5.76. The van der Waals surface area contributed by atoms with Crippen LogP contribution in [0.5, 0.6) is 11.5 Å². The van der Waals surface area contributed by atoms with Crippen molar-refractivity contribution < 1.29 is 19.2 Å². The Bertz CT molecular complexity index is 765. The highest BCUT2D eigenvalue weighted by Gasteiger charge is 2.25. The molecule has 27 heavy (non-hydrogen) atoms. The summed E-state index contributed by atoms with van der Waals surface area (Å²) in [5, 5.41) is 2.97. The smallest absolute Gasteiger partial charge is 0.275 e. The Kier molecular flexibility index (Phi) is 5.34. The maximum atomic E-state index is 12.3. The summed E-state index contributed by atoms with van der Waals surface area (Å²) in [5.74, 6) is 2.28. The first-order valence-corrected chi connectivity index (χ1v) is 9.28. The SMILES string of the molecule is O=C(C[NH+]1CCN(c2ncccn2)CC1)NC[C@H]1COc2ccccc2O1. The van der Waals surface area contributed by atoms with Gasteiger partial charge in [-0.2, -0.15) is 0 Å². The van der Waals surface area contributed by atoms with E-state index in [2.05, 4.69) is 20.2 Å². The van der Waals surface area contributed by atoms with Crippen LogP contribution in [-0.4, -0.2) is 67.9 Å². The summed E-state index contributed by atoms with van der Waals surface area (Å²) in [7, 11) is 0. The first-order valence-electron chi connectivity index (χ1n) is 9.28. The van der Waals surface area contributed by atoms with Crippen molar-refractivity contribution in [1.29, 1.82) is 0 Å². The van der Waals surface area contributed by atoms with Crippen molar-refractivity contribution in [2.45, 2.75) is 6.10 Å². The molecule has 1 fully saturated rings. The number of carbonyl (C=O) groups is 1. The number of nitrogens with zero attached hydrogens (tertiary/aromatic N) is 3. The fourth-order valence-electron chi connectivity index (χ4n) is 3.34. The summed E-state index contributed by atoms with van der Waals surface area (Å²) < 4.78 is 11.5. The average molecular weight is 370 g/mol. The minimum atomic E-state index is -0.161. The molecule has 1 saturated heterocycles. The van der Waals surface area contributed by atoms with Crippen LogP contribution in [0.4, 0.5) is 5.95 Å². The van der Waals surface area contributed by atoms with E-state index in [1.807, 2.05) is 30.3 Å². The van der Waals surface area contributed by atoms with Crippen LogP contribution in [0.25, 0.3) is 0 Å². The van der Waals surface area contributed by atoms with Gasteiger partial charge in [-0.05, 0) is 18.2 Å². The number of fused-ring (bicyclic) bond motifs is 1. The van der Waals surface area contributed by atoms with Gasteiger partial charge in [0.25, 0.3) is 5.91 Å². The van der Waals surface area contributed by atoms with Gasteiger partial charge in [-0.3, -0.25) is 4.79 Å². The van der Waals surface area contributed by atoms with Crippen LogP contribution in [0.3, 0.4) is 0 Å². The Morgan fingerprint density at radius 3 is 2.67 bits per heavy atom. The number of nitrogens with one attached hydrogen (secondary N) is 2. The number of aromatic nitrogens is 2. The molecule has 0 unspecified atom stereocenters. The molecule has 1 atom stereocenters. The molecule has 1 aromatic carbocycles. The zero-order valence-electron chi connectivity index (χ0n) is 15.1. The van der Waals surface area contributed by atoms with Crippen molar-refractivity contribution in [1.82, 2.24) is 15.3 Å². The number of amides is 1. The van der Waals surface area contributed by atoms with Crippen molar-refractivity contribution in [3.8, 4) is 11.5 Å². The lowest BCUT2D eigenvalue weighted by Gasteiger charge is -2.32. The molecule has 142 valence electrons. The van der Waals surface area contributed by atoms with E-state index in [1.165, 1.54) is 4.90 Å². The van der Waals surface area contributed by atoms with Crippen LogP contribution < -0.4 is 24.6 Å². The van der Waals surface area contributed by atoms with Crippen LogP contribution in [0.1, 0.15) is 0 Å². The van der Waals surface area contributed by atoms with E-state index in [0.29, 0.717) is 19.7 Å². The van der Waals surface area contributed by atoms with Crippen LogP contribution in [-0.2, 0) is 4.79 Å². The number of para-hydroxylation sites is 2. The van der Waals surface area contributed by atoms with Gasteiger partial charge in [0.2, 0.25) is 5.95 Å². The van der Waals surface area contributed by atoms with E-state index in [9.17, 15) is 4.79 Å². The van der Waals surface area contributed by atoms with E-state index < -0.39 is 0 Å². The molecule has 2 N–H and O–H groups in total. The number of quaternary nitrogens is 1. The maximum Gasteiger partial charge on any atom is 0.275 e. The number of anilines is 1. The van der Waals surface area contributed by atoms with Gasteiger partial charge in [-0.1, -0.05) is 12.1 Å². The van der Waals surface area contributed by atoms with Crippen molar-refractivity contribution in [3.05, 3.63) is 42.7 Å². The Morgan fingerprint density at radius 2 is 1.89 bits per heavy atom. The highest BCUT2D eigenvalue weighted by Crippen LogP contribution is 2.30. The Hall–Kier alpha value is -2.87. The summed E-state index contributed by atoms with van der Waals surface area (Å²) in [4.78, 5) is 24.3. The molecule has 0 saturated carbocycles. The van der Waals surface area contributed by atoms with E-state index in [1.54, 1.807) is 12.4 Å². The van der Waals surface area contributed by atoms with Crippen LogP contribution >= 0.6 is 0 Å². The normalized spacial score (nSPS) is 19.6. The fraction of sp³-hybridized carbons (Fsp3) is 0.421. The number of ether oxygens (including phenoxy) is 2. The second-order valence-electron chi connectivity index (χ2n) is 6.76. The second-order valence-corrected chi connectivity index (χ2v) is 6.76. The van der Waals surface area contributed by atoms with Gasteiger partial charge in [-0.15, -0.1) is 0 Å². The van der Waals surface area contributed by atoms with Gasteiger partial charge >= 0.3 is 0 Å². The van der Waals surface area contributed by atoms with Gasteiger partial charge in [0.05, 0.1) is 32.7 Å². The zero-order chi connectivity index (χ0) is 18.5. The zero-order valence-corrected chi connectivity index (χ0v) is 15.1. The summed E-state index contributed by atoms with van der Waals surface area (Å²) in [5.41, 5.74) is 0. The summed E-state index contributed by atoms with van der Waals surface area (Å²) in [6.07, 6.45) is 3.35. The van der Waals surface area contributed by atoms with E-state index >= 15 is 0 Å². The third-order valence-electron chi connectivity index (χ3n) is 4.81. The topological polar surface area (TPSA) is 81.0 Å². The standard InChI is InChI=1S/C19H23N5O3/c25-18(22-12-15-14-26-16-4-1-2-5-17(16)27-15)13-23-8-10-24(11-9-23)19-20-6-3-7-21-19/h1-7,15H,8-14H2,(H,22,25)/p+1/t15-/m0/s1. The van der Waals surface area contributed by atoms with Crippen LogP contribution in [0.2, 0.25) is 0 Å². The molecule has 1 aromatic heterocycles. The molecule has 4 rings (SSSR count). The molecule has 2 aromatic rings. The molecule has 8 nitrogen and oxygen atoms in total. The van der Waals surface area contributed by atoms with Gasteiger partial charge in [0, 0.05) is 12.4 Å². The fourth-order valence-corrected chi connectivity index (χ4v) is 3.34. The molecular formula is C19H24N5O3+. The van der Waals surface area contributed by atoms with Crippen molar-refractivity contribution in [3.63, 3.8) is 0 Å². The summed E-state index contributed by atoms with van der Waals surface area (Å²) in [6, 6.07) is 9.40. The van der Waals surface area contributed by atoms with Crippen molar-refractivity contribution in [2.24, 2.45) is 0 Å². The Balaban J connectivity index is 1.19. The molecule has 0 radical (unpaired) electrons. The molecule has 0 spiro atoms. The number of carbonyl (C=O) groups excluding carboxylic acids is 1. The molecule has 3 heterocycles. The van der Waals surface area contributed by atoms with Crippen LogP contribution in [0, 0.1) is 0 Å². The molecule has 0 bridgehead atoms. The molecule has 1 amide bonds. The number of hydrogen-bond donors (Lipinski definition) is 2. The lowest BCUT2D eigenvalue weighted by molar-refractivity contribution is -0.892. The van der Waals surface area contributed by atoms with E-state index in [4.69, 9.17) is 9.47 Å². The second kappa shape index (κ2) is 8.22. The van der Waals surface area contributed by atoms with E-state index in [-0.39, 0.29) is 12.0 Å². The third kappa shape index (κ3) is 4.46.